The molecule has 28 heavy (non-hydrogen) atoms. The Labute approximate surface area is 165 Å². The molecule has 0 saturated carbocycles. The molecule has 0 aliphatic carbocycles. The maximum absolute atomic E-state index is 12.3. The molecule has 0 heterocycles. The largest absolute Gasteiger partial charge is 0.494 e. The van der Waals surface area contributed by atoms with E-state index in [1.165, 1.54) is 0 Å². The van der Waals surface area contributed by atoms with Gasteiger partial charge in [-0.05, 0) is 44.9 Å². The molecule has 0 fully saturated rings. The fourth-order valence-electron chi connectivity index (χ4n) is 2.24. The molecule has 3 N–H and O–H groups in total. The average Bonchev–Trinajstić information content (AvgIpc) is 2.59. The second-order valence-electron chi connectivity index (χ2n) is 7.36. The lowest BCUT2D eigenvalue weighted by atomic mass is 10.1. The molecule has 0 saturated heterocycles. The van der Waals surface area contributed by atoms with Crippen LogP contribution in [0.4, 0.5) is 4.79 Å². The van der Waals surface area contributed by atoms with Crippen LogP contribution in [0.5, 0.6) is 5.75 Å². The predicted molar refractivity (Wildman–Crippen MR) is 104 cm³/mol. The van der Waals surface area contributed by atoms with Crippen molar-refractivity contribution in [3.63, 3.8) is 0 Å². The van der Waals surface area contributed by atoms with Crippen molar-refractivity contribution in [2.24, 2.45) is 0 Å². The summed E-state index contributed by atoms with van der Waals surface area (Å²) in [6.45, 7) is 7.32. The number of aliphatic carboxylic acids is 1. The number of carbonyl (C=O) groups is 3. The van der Waals surface area contributed by atoms with Crippen molar-refractivity contribution >= 4 is 18.0 Å². The fraction of sp³-hybridized carbons (Fsp3) is 0.550. The molecular weight excluding hydrogens is 364 g/mol. The Kier molecular flexibility index (Phi) is 9.27. The third-order valence-corrected chi connectivity index (χ3v) is 3.55. The first-order valence-corrected chi connectivity index (χ1v) is 9.31. The number of rotatable bonds is 10. The van der Waals surface area contributed by atoms with Crippen molar-refractivity contribution in [1.82, 2.24) is 10.6 Å². The lowest BCUT2D eigenvalue weighted by Gasteiger charge is -2.23. The molecule has 0 aliphatic rings. The van der Waals surface area contributed by atoms with Crippen LogP contribution in [0.15, 0.2) is 24.3 Å². The summed E-state index contributed by atoms with van der Waals surface area (Å²) in [4.78, 5) is 35.1. The van der Waals surface area contributed by atoms with E-state index in [1.54, 1.807) is 45.0 Å². The van der Waals surface area contributed by atoms with Crippen LogP contribution in [0.25, 0.3) is 0 Å². The normalized spacial score (nSPS) is 12.0. The first kappa shape index (κ1) is 23.3. The van der Waals surface area contributed by atoms with Crippen LogP contribution in [0.1, 0.15) is 46.1 Å². The van der Waals surface area contributed by atoms with Gasteiger partial charge in [-0.1, -0.05) is 25.5 Å². The van der Waals surface area contributed by atoms with Gasteiger partial charge >= 0.3 is 12.1 Å². The first-order chi connectivity index (χ1) is 13.1. The number of unbranched alkanes of at least 4 members (excludes halogenated alkanes) is 1. The summed E-state index contributed by atoms with van der Waals surface area (Å²) in [7, 11) is 0. The second-order valence-corrected chi connectivity index (χ2v) is 7.36. The van der Waals surface area contributed by atoms with E-state index < -0.39 is 36.2 Å². The van der Waals surface area contributed by atoms with Crippen molar-refractivity contribution in [2.75, 3.05) is 13.2 Å². The smallest absolute Gasteiger partial charge is 0.408 e. The number of alkyl carbamates (subject to hydrolysis) is 1. The van der Waals surface area contributed by atoms with Crippen LogP contribution in [0.2, 0.25) is 0 Å². The number of benzene rings is 1. The molecule has 8 nitrogen and oxygen atoms in total. The van der Waals surface area contributed by atoms with Gasteiger partial charge in [0.1, 0.15) is 23.9 Å². The number of nitrogens with one attached hydrogen (secondary N) is 2. The highest BCUT2D eigenvalue weighted by atomic mass is 16.6. The number of amides is 2. The van der Waals surface area contributed by atoms with Crippen LogP contribution >= 0.6 is 0 Å². The predicted octanol–water partition coefficient (Wildman–Crippen LogP) is 2.50. The van der Waals surface area contributed by atoms with Gasteiger partial charge in [-0.15, -0.1) is 0 Å². The van der Waals surface area contributed by atoms with Gasteiger partial charge in [0, 0.05) is 6.42 Å². The summed E-state index contributed by atoms with van der Waals surface area (Å²) in [5, 5.41) is 13.5. The van der Waals surface area contributed by atoms with Crippen molar-refractivity contribution in [2.45, 2.75) is 58.6 Å². The maximum Gasteiger partial charge on any atom is 0.408 e. The van der Waals surface area contributed by atoms with E-state index in [0.717, 1.165) is 24.2 Å². The molecule has 0 spiro atoms. The molecule has 2 amide bonds. The van der Waals surface area contributed by atoms with E-state index in [-0.39, 0.29) is 6.42 Å². The summed E-state index contributed by atoms with van der Waals surface area (Å²) in [5.41, 5.74) is 0.0679. The van der Waals surface area contributed by atoms with Crippen molar-refractivity contribution in [3.8, 4) is 5.75 Å². The number of carboxylic acids is 1. The Morgan fingerprint density at radius 1 is 1.14 bits per heavy atom. The van der Waals surface area contributed by atoms with E-state index in [0.29, 0.717) is 6.61 Å². The Bertz CT molecular complexity index is 652. The monoisotopic (exact) mass is 394 g/mol. The summed E-state index contributed by atoms with van der Waals surface area (Å²) >= 11 is 0. The maximum atomic E-state index is 12.3. The minimum atomic E-state index is -1.17. The minimum Gasteiger partial charge on any atom is -0.494 e. The summed E-state index contributed by atoms with van der Waals surface area (Å²) in [6, 6.07) is 6.22. The molecule has 1 rings (SSSR count). The van der Waals surface area contributed by atoms with Gasteiger partial charge in [-0.3, -0.25) is 9.59 Å². The van der Waals surface area contributed by atoms with E-state index in [2.05, 4.69) is 17.6 Å². The molecule has 1 aromatic rings. The lowest BCUT2D eigenvalue weighted by Crippen LogP contribution is -2.50. The van der Waals surface area contributed by atoms with E-state index >= 15 is 0 Å². The van der Waals surface area contributed by atoms with Gasteiger partial charge < -0.3 is 25.2 Å². The highest BCUT2D eigenvalue weighted by Crippen LogP contribution is 2.15. The zero-order chi connectivity index (χ0) is 21.2. The summed E-state index contributed by atoms with van der Waals surface area (Å²) in [5.74, 6) is -1.04. The zero-order valence-electron chi connectivity index (χ0n) is 16.9. The van der Waals surface area contributed by atoms with Crippen LogP contribution < -0.4 is 15.4 Å². The van der Waals surface area contributed by atoms with Crippen LogP contribution in [0.3, 0.4) is 0 Å². The quantitative estimate of drug-likeness (QED) is 0.526. The molecule has 8 heteroatoms. The van der Waals surface area contributed by atoms with Crippen molar-refractivity contribution in [1.29, 1.82) is 0 Å². The van der Waals surface area contributed by atoms with Crippen LogP contribution in [-0.2, 0) is 20.7 Å². The Balaban J connectivity index is 2.78. The molecule has 0 unspecified atom stereocenters. The summed E-state index contributed by atoms with van der Waals surface area (Å²) < 4.78 is 10.8. The van der Waals surface area contributed by atoms with Crippen LogP contribution in [0, 0.1) is 0 Å². The molecule has 0 radical (unpaired) electrons. The van der Waals surface area contributed by atoms with E-state index in [9.17, 15) is 14.4 Å². The van der Waals surface area contributed by atoms with Crippen molar-refractivity contribution in [3.05, 3.63) is 29.8 Å². The fourth-order valence-corrected chi connectivity index (χ4v) is 2.24. The number of ether oxygens (including phenoxy) is 2. The second kappa shape index (κ2) is 11.2. The van der Waals surface area contributed by atoms with Gasteiger partial charge in [-0.2, -0.15) is 0 Å². The topological polar surface area (TPSA) is 114 Å². The van der Waals surface area contributed by atoms with Gasteiger partial charge in [0.2, 0.25) is 5.91 Å². The summed E-state index contributed by atoms with van der Waals surface area (Å²) in [6.07, 6.45) is 1.44. The molecule has 156 valence electrons. The molecule has 1 aromatic carbocycles. The first-order valence-electron chi connectivity index (χ1n) is 9.31. The standard InChI is InChI=1S/C20H30N2O6/c1-5-6-11-27-15-9-7-14(8-10-15)12-16(18(25)21-13-17(23)24)22-19(26)28-20(2,3)4/h7-10,16H,5-6,11-13H2,1-4H3,(H,21,25)(H,22,26)(H,23,24)/t16-/m0/s1. The average molecular weight is 394 g/mol. The third kappa shape index (κ3) is 9.80. The van der Waals surface area contributed by atoms with Crippen molar-refractivity contribution < 1.29 is 29.0 Å². The van der Waals surface area contributed by atoms with Crippen LogP contribution in [-0.4, -0.2) is 47.9 Å². The Morgan fingerprint density at radius 2 is 1.79 bits per heavy atom. The van der Waals surface area contributed by atoms with Gasteiger partial charge in [0.25, 0.3) is 0 Å². The molecule has 1 atom stereocenters. The number of hydrogen-bond donors (Lipinski definition) is 3. The highest BCUT2D eigenvalue weighted by Gasteiger charge is 2.25. The zero-order valence-corrected chi connectivity index (χ0v) is 16.9. The Morgan fingerprint density at radius 3 is 2.32 bits per heavy atom. The lowest BCUT2D eigenvalue weighted by molar-refractivity contribution is -0.138. The third-order valence-electron chi connectivity index (χ3n) is 3.55. The highest BCUT2D eigenvalue weighted by molar-refractivity contribution is 5.88. The van der Waals surface area contributed by atoms with E-state index in [4.69, 9.17) is 14.6 Å². The number of carboxylic acid groups (broad SMARTS) is 1. The molecular formula is C20H30N2O6. The SMILES string of the molecule is CCCCOc1ccc(C[C@H](NC(=O)OC(C)(C)C)C(=O)NCC(=O)O)cc1. The molecule has 0 aromatic heterocycles. The van der Waals surface area contributed by atoms with Gasteiger partial charge in [0.15, 0.2) is 0 Å². The number of carbonyl (C=O) groups excluding carboxylic acids is 2. The Hall–Kier alpha value is -2.77. The van der Waals surface area contributed by atoms with Gasteiger partial charge in [-0.25, -0.2) is 4.79 Å². The van der Waals surface area contributed by atoms with Gasteiger partial charge in [0.05, 0.1) is 6.61 Å². The molecule has 0 aliphatic heterocycles. The minimum absolute atomic E-state index is 0.180. The number of hydrogen-bond acceptors (Lipinski definition) is 5. The van der Waals surface area contributed by atoms with E-state index in [1.807, 2.05) is 0 Å². The molecule has 0 bridgehead atoms.